The lowest BCUT2D eigenvalue weighted by atomic mass is 10.0. The maximum Gasteiger partial charge on any atom is 0.261 e. The van der Waals surface area contributed by atoms with Gasteiger partial charge in [-0.15, -0.1) is 0 Å². The van der Waals surface area contributed by atoms with Crippen molar-refractivity contribution in [3.05, 3.63) is 28.8 Å². The van der Waals surface area contributed by atoms with E-state index in [1.54, 1.807) is 23.8 Å². The number of nitrogens with one attached hydrogen (secondary N) is 1. The lowest BCUT2D eigenvalue weighted by molar-refractivity contribution is -0.122. The maximum atomic E-state index is 12.8. The maximum absolute atomic E-state index is 12.8. The highest BCUT2D eigenvalue weighted by atomic mass is 16.5. The number of hydrogen-bond acceptors (Lipinski definition) is 6. The molecule has 2 fully saturated rings. The van der Waals surface area contributed by atoms with Gasteiger partial charge in [0.1, 0.15) is 0 Å². The molecule has 1 N–H and O–H groups in total. The van der Waals surface area contributed by atoms with Gasteiger partial charge in [-0.05, 0) is 38.2 Å². The summed E-state index contributed by atoms with van der Waals surface area (Å²) in [6.45, 7) is 2.62. The normalized spacial score (nSPS) is 17.8. The molecule has 1 saturated carbocycles. The number of likely N-dealkylation sites (tertiary alicyclic amines) is 1. The average Bonchev–Trinajstić information content (AvgIpc) is 3.60. The van der Waals surface area contributed by atoms with Crippen LogP contribution in [-0.4, -0.2) is 59.8 Å². The van der Waals surface area contributed by atoms with Crippen molar-refractivity contribution in [2.45, 2.75) is 57.2 Å². The van der Waals surface area contributed by atoms with Crippen LogP contribution in [0.25, 0.3) is 10.9 Å². The Morgan fingerprint density at radius 1 is 1.13 bits per heavy atom. The molecule has 0 radical (unpaired) electrons. The first-order chi connectivity index (χ1) is 14.6. The van der Waals surface area contributed by atoms with Crippen LogP contribution in [0, 0.1) is 0 Å². The predicted molar refractivity (Wildman–Crippen MR) is 114 cm³/mol. The number of benzene rings is 1. The third kappa shape index (κ3) is 4.59. The molecule has 1 aromatic heterocycles. The van der Waals surface area contributed by atoms with Crippen LogP contribution in [0.15, 0.2) is 23.3 Å². The number of carbonyl (C=O) groups excluding carboxylic acids is 1. The van der Waals surface area contributed by atoms with Crippen LogP contribution in [0.4, 0.5) is 0 Å². The van der Waals surface area contributed by atoms with E-state index in [-0.39, 0.29) is 17.5 Å². The van der Waals surface area contributed by atoms with Crippen molar-refractivity contribution >= 4 is 16.8 Å². The van der Waals surface area contributed by atoms with Crippen LogP contribution < -0.4 is 20.3 Å². The molecule has 2 aromatic rings. The second-order valence-corrected chi connectivity index (χ2v) is 8.18. The number of methoxy groups -OCH3 is 2. The Hall–Kier alpha value is -2.61. The Kier molecular flexibility index (Phi) is 6.22. The SMILES string of the molecule is COc1cc2ncn(CCCC(=O)NC3CCN(C4CC4)CC3)c(=O)c2cc1OC. The molecule has 8 nitrogen and oxygen atoms in total. The number of nitrogens with zero attached hydrogens (tertiary/aromatic N) is 3. The van der Waals surface area contributed by atoms with Gasteiger partial charge in [-0.2, -0.15) is 0 Å². The number of ether oxygens (including phenoxy) is 2. The predicted octanol–water partition coefficient (Wildman–Crippen LogP) is 1.94. The van der Waals surface area contributed by atoms with Crippen LogP contribution >= 0.6 is 0 Å². The summed E-state index contributed by atoms with van der Waals surface area (Å²) >= 11 is 0. The van der Waals surface area contributed by atoms with E-state index in [4.69, 9.17) is 9.47 Å². The van der Waals surface area contributed by atoms with Gasteiger partial charge in [0.05, 0.1) is 31.4 Å². The minimum absolute atomic E-state index is 0.0630. The second-order valence-electron chi connectivity index (χ2n) is 8.18. The van der Waals surface area contributed by atoms with E-state index >= 15 is 0 Å². The summed E-state index contributed by atoms with van der Waals surface area (Å²) in [6.07, 6.45) is 7.25. The standard InChI is InChI=1S/C22H30N4O4/c1-29-19-12-17-18(13-20(19)30-2)23-14-26(22(17)28)9-3-4-21(27)24-15-7-10-25(11-8-15)16-5-6-16/h12-16H,3-11H2,1-2H3,(H,24,27). The molecule has 2 heterocycles. The molecule has 0 bridgehead atoms. The van der Waals surface area contributed by atoms with Gasteiger partial charge in [-0.3, -0.25) is 14.2 Å². The Morgan fingerprint density at radius 2 is 1.83 bits per heavy atom. The van der Waals surface area contributed by atoms with Gasteiger partial charge in [-0.1, -0.05) is 0 Å². The summed E-state index contributed by atoms with van der Waals surface area (Å²) in [5.74, 6) is 1.09. The van der Waals surface area contributed by atoms with Gasteiger partial charge in [-0.25, -0.2) is 4.98 Å². The molecule has 2 aliphatic rings. The van der Waals surface area contributed by atoms with Crippen molar-refractivity contribution in [2.24, 2.45) is 0 Å². The van der Waals surface area contributed by atoms with Crippen LogP contribution in [-0.2, 0) is 11.3 Å². The highest BCUT2D eigenvalue weighted by molar-refractivity contribution is 5.81. The lowest BCUT2D eigenvalue weighted by Gasteiger charge is -2.32. The molecular formula is C22H30N4O4. The molecule has 4 rings (SSSR count). The van der Waals surface area contributed by atoms with Crippen molar-refractivity contribution < 1.29 is 14.3 Å². The smallest absolute Gasteiger partial charge is 0.261 e. The molecule has 0 spiro atoms. The van der Waals surface area contributed by atoms with Gasteiger partial charge in [0, 0.05) is 44.2 Å². The fraction of sp³-hybridized carbons (Fsp3) is 0.591. The molecule has 1 aliphatic carbocycles. The molecule has 30 heavy (non-hydrogen) atoms. The van der Waals surface area contributed by atoms with Gasteiger partial charge in [0.2, 0.25) is 5.91 Å². The minimum atomic E-state index is -0.145. The fourth-order valence-corrected chi connectivity index (χ4v) is 4.20. The highest BCUT2D eigenvalue weighted by Crippen LogP contribution is 2.30. The summed E-state index contributed by atoms with van der Waals surface area (Å²) < 4.78 is 12.1. The summed E-state index contributed by atoms with van der Waals surface area (Å²) in [7, 11) is 3.08. The fourth-order valence-electron chi connectivity index (χ4n) is 4.20. The van der Waals surface area contributed by atoms with Crippen molar-refractivity contribution in [3.63, 3.8) is 0 Å². The molecule has 8 heteroatoms. The van der Waals surface area contributed by atoms with Crippen molar-refractivity contribution in [2.75, 3.05) is 27.3 Å². The van der Waals surface area contributed by atoms with Gasteiger partial charge < -0.3 is 19.7 Å². The van der Waals surface area contributed by atoms with Gasteiger partial charge in [0.15, 0.2) is 11.5 Å². The number of hydrogen-bond donors (Lipinski definition) is 1. The van der Waals surface area contributed by atoms with E-state index in [0.29, 0.717) is 41.8 Å². The van der Waals surface area contributed by atoms with Crippen molar-refractivity contribution in [1.82, 2.24) is 19.8 Å². The van der Waals surface area contributed by atoms with Crippen LogP contribution in [0.2, 0.25) is 0 Å². The summed E-state index contributed by atoms with van der Waals surface area (Å²) in [5.41, 5.74) is 0.415. The van der Waals surface area contributed by atoms with Crippen LogP contribution in [0.3, 0.4) is 0 Å². The Bertz CT molecular complexity index is 961. The quantitative estimate of drug-likeness (QED) is 0.711. The van der Waals surface area contributed by atoms with Crippen molar-refractivity contribution in [1.29, 1.82) is 0 Å². The molecule has 1 amide bonds. The van der Waals surface area contributed by atoms with Crippen molar-refractivity contribution in [3.8, 4) is 11.5 Å². The van der Waals surface area contributed by atoms with Gasteiger partial charge >= 0.3 is 0 Å². The summed E-state index contributed by atoms with van der Waals surface area (Å²) in [5, 5.41) is 3.63. The number of rotatable bonds is 8. The lowest BCUT2D eigenvalue weighted by Crippen LogP contribution is -2.45. The molecular weight excluding hydrogens is 384 g/mol. The topological polar surface area (TPSA) is 85.7 Å². The highest BCUT2D eigenvalue weighted by Gasteiger charge is 2.32. The zero-order valence-electron chi connectivity index (χ0n) is 17.7. The van der Waals surface area contributed by atoms with E-state index in [1.807, 2.05) is 0 Å². The summed E-state index contributed by atoms with van der Waals surface area (Å²) in [6, 6.07) is 4.43. The zero-order valence-corrected chi connectivity index (χ0v) is 17.7. The number of aromatic nitrogens is 2. The minimum Gasteiger partial charge on any atom is -0.493 e. The third-order valence-electron chi connectivity index (χ3n) is 6.09. The molecule has 0 atom stereocenters. The molecule has 1 saturated heterocycles. The Morgan fingerprint density at radius 3 is 2.50 bits per heavy atom. The molecule has 1 aliphatic heterocycles. The Labute approximate surface area is 176 Å². The second kappa shape index (κ2) is 9.04. The van der Waals surface area contributed by atoms with E-state index < -0.39 is 0 Å². The van der Waals surface area contributed by atoms with E-state index in [2.05, 4.69) is 15.2 Å². The first kappa shape index (κ1) is 20.7. The van der Waals surface area contributed by atoms with E-state index in [1.165, 1.54) is 26.3 Å². The zero-order chi connectivity index (χ0) is 21.1. The first-order valence-electron chi connectivity index (χ1n) is 10.7. The average molecular weight is 415 g/mol. The molecule has 162 valence electrons. The number of piperidine rings is 1. The van der Waals surface area contributed by atoms with E-state index in [0.717, 1.165) is 32.0 Å². The molecule has 1 aromatic carbocycles. The number of aryl methyl sites for hydroxylation is 1. The van der Waals surface area contributed by atoms with Gasteiger partial charge in [0.25, 0.3) is 5.56 Å². The number of fused-ring (bicyclic) bond motifs is 1. The molecule has 0 unspecified atom stereocenters. The monoisotopic (exact) mass is 414 g/mol. The first-order valence-corrected chi connectivity index (χ1v) is 10.7. The largest absolute Gasteiger partial charge is 0.493 e. The Balaban J connectivity index is 1.30. The summed E-state index contributed by atoms with van der Waals surface area (Å²) in [4.78, 5) is 32.0. The third-order valence-corrected chi connectivity index (χ3v) is 6.09. The number of amides is 1. The van der Waals surface area contributed by atoms with Crippen LogP contribution in [0.5, 0.6) is 11.5 Å². The van der Waals surface area contributed by atoms with Crippen LogP contribution in [0.1, 0.15) is 38.5 Å². The van der Waals surface area contributed by atoms with E-state index in [9.17, 15) is 9.59 Å². The number of carbonyl (C=O) groups is 1.